The van der Waals surface area contributed by atoms with Crippen molar-refractivity contribution < 1.29 is 17.9 Å². The van der Waals surface area contributed by atoms with Gasteiger partial charge in [-0.05, 0) is 42.3 Å². The van der Waals surface area contributed by atoms with Gasteiger partial charge in [0.1, 0.15) is 5.75 Å². The molecule has 1 heterocycles. The fraction of sp³-hybridized carbons (Fsp3) is 0.350. The molecule has 0 radical (unpaired) electrons. The molecule has 9 heteroatoms. The Bertz CT molecular complexity index is 980. The number of benzene rings is 2. The molecular weight excluding hydrogens is 414 g/mol. The number of halogens is 1. The normalized spacial score (nSPS) is 15.8. The predicted octanol–water partition coefficient (Wildman–Crippen LogP) is 2.34. The van der Waals surface area contributed by atoms with Gasteiger partial charge >= 0.3 is 0 Å². The van der Waals surface area contributed by atoms with Crippen molar-refractivity contribution in [2.75, 3.05) is 33.3 Å². The van der Waals surface area contributed by atoms with Gasteiger partial charge in [0, 0.05) is 37.7 Å². The van der Waals surface area contributed by atoms with Crippen molar-refractivity contribution in [3.63, 3.8) is 0 Å². The highest BCUT2D eigenvalue weighted by molar-refractivity contribution is 7.89. The van der Waals surface area contributed by atoms with Crippen molar-refractivity contribution in [3.8, 4) is 5.75 Å². The van der Waals surface area contributed by atoms with E-state index in [1.165, 1.54) is 25.3 Å². The van der Waals surface area contributed by atoms with Gasteiger partial charge in [0.2, 0.25) is 10.0 Å². The van der Waals surface area contributed by atoms with E-state index in [1.807, 2.05) is 24.3 Å². The van der Waals surface area contributed by atoms with Gasteiger partial charge in [0.15, 0.2) is 0 Å². The summed E-state index contributed by atoms with van der Waals surface area (Å²) in [5, 5.41) is 5.92. The molecule has 1 amide bonds. The van der Waals surface area contributed by atoms with Gasteiger partial charge in [-0.25, -0.2) is 13.6 Å². The van der Waals surface area contributed by atoms with Gasteiger partial charge in [-0.1, -0.05) is 23.7 Å². The van der Waals surface area contributed by atoms with Crippen LogP contribution in [0.4, 0.5) is 0 Å². The van der Waals surface area contributed by atoms with Gasteiger partial charge in [-0.2, -0.15) is 0 Å². The highest BCUT2D eigenvalue weighted by Crippen LogP contribution is 2.24. The summed E-state index contributed by atoms with van der Waals surface area (Å²) in [5.41, 5.74) is 1.36. The molecule has 156 valence electrons. The number of sulfonamides is 1. The lowest BCUT2D eigenvalue weighted by Crippen LogP contribution is -2.35. The molecule has 7 nitrogen and oxygen atoms in total. The van der Waals surface area contributed by atoms with Crippen LogP contribution >= 0.6 is 11.6 Å². The van der Waals surface area contributed by atoms with Crippen molar-refractivity contribution in [2.45, 2.75) is 17.9 Å². The van der Waals surface area contributed by atoms with E-state index in [1.54, 1.807) is 4.90 Å². The zero-order valence-electron chi connectivity index (χ0n) is 16.2. The summed E-state index contributed by atoms with van der Waals surface area (Å²) in [6, 6.07) is 11.8. The maximum Gasteiger partial charge on any atom is 0.257 e. The third-order valence-electron chi connectivity index (χ3n) is 4.93. The van der Waals surface area contributed by atoms with Crippen LogP contribution in [0.15, 0.2) is 47.4 Å². The lowest BCUT2D eigenvalue weighted by molar-refractivity contribution is 0.0757. The number of amides is 1. The molecule has 0 atom stereocenters. The number of hydrogen-bond acceptors (Lipinski definition) is 5. The Morgan fingerprint density at radius 3 is 2.48 bits per heavy atom. The number of ether oxygens (including phenoxy) is 1. The molecule has 0 saturated carbocycles. The monoisotopic (exact) mass is 437 g/mol. The van der Waals surface area contributed by atoms with E-state index in [9.17, 15) is 13.2 Å². The highest BCUT2D eigenvalue weighted by atomic mass is 35.5. The van der Waals surface area contributed by atoms with E-state index >= 15 is 0 Å². The number of primary sulfonamides is 1. The first-order valence-corrected chi connectivity index (χ1v) is 11.2. The molecule has 1 aliphatic heterocycles. The zero-order valence-corrected chi connectivity index (χ0v) is 17.7. The number of rotatable bonds is 5. The van der Waals surface area contributed by atoms with Crippen LogP contribution < -0.4 is 9.88 Å². The minimum absolute atomic E-state index is 0.110. The first kappa shape index (κ1) is 21.6. The van der Waals surface area contributed by atoms with E-state index in [0.717, 1.165) is 25.1 Å². The SMILES string of the molecule is COc1ccc(S(N)(=O)=O)cc1C(=O)N1CCCN(Cc2ccc(Cl)cc2)CC1. The zero-order chi connectivity index (χ0) is 21.0. The minimum Gasteiger partial charge on any atom is -0.496 e. The predicted molar refractivity (Wildman–Crippen MR) is 112 cm³/mol. The van der Waals surface area contributed by atoms with Gasteiger partial charge in [0.05, 0.1) is 17.6 Å². The summed E-state index contributed by atoms with van der Waals surface area (Å²) < 4.78 is 28.6. The summed E-state index contributed by atoms with van der Waals surface area (Å²) in [7, 11) is -2.47. The second-order valence-electron chi connectivity index (χ2n) is 6.96. The first-order chi connectivity index (χ1) is 13.8. The van der Waals surface area contributed by atoms with Gasteiger partial charge < -0.3 is 9.64 Å². The smallest absolute Gasteiger partial charge is 0.257 e. The quantitative estimate of drug-likeness (QED) is 0.774. The molecule has 2 N–H and O–H groups in total. The summed E-state index contributed by atoms with van der Waals surface area (Å²) in [6.07, 6.45) is 0.816. The molecule has 0 unspecified atom stereocenters. The van der Waals surface area contributed by atoms with E-state index in [-0.39, 0.29) is 16.4 Å². The van der Waals surface area contributed by atoms with Crippen LogP contribution in [0.3, 0.4) is 0 Å². The summed E-state index contributed by atoms with van der Waals surface area (Å²) in [4.78, 5) is 17.0. The van der Waals surface area contributed by atoms with Crippen LogP contribution in [-0.4, -0.2) is 57.4 Å². The summed E-state index contributed by atoms with van der Waals surface area (Å²) in [5.74, 6) is 0.0605. The Labute approximate surface area is 176 Å². The molecule has 0 aromatic heterocycles. The number of carbonyl (C=O) groups excluding carboxylic acids is 1. The van der Waals surface area contributed by atoms with Crippen molar-refractivity contribution >= 4 is 27.5 Å². The van der Waals surface area contributed by atoms with Crippen molar-refractivity contribution in [2.24, 2.45) is 5.14 Å². The third kappa shape index (κ3) is 5.48. The van der Waals surface area contributed by atoms with E-state index < -0.39 is 10.0 Å². The average molecular weight is 438 g/mol. The molecule has 0 aliphatic carbocycles. The lowest BCUT2D eigenvalue weighted by Gasteiger charge is -2.23. The van der Waals surface area contributed by atoms with Gasteiger partial charge in [-0.15, -0.1) is 0 Å². The molecule has 1 aliphatic rings. The molecular formula is C20H24ClN3O4S. The topological polar surface area (TPSA) is 92.9 Å². The number of methoxy groups -OCH3 is 1. The average Bonchev–Trinajstić information content (AvgIpc) is 2.93. The Morgan fingerprint density at radius 1 is 1.10 bits per heavy atom. The Hall–Kier alpha value is -2.13. The molecule has 2 aromatic carbocycles. The van der Waals surface area contributed by atoms with E-state index in [4.69, 9.17) is 21.5 Å². The van der Waals surface area contributed by atoms with Crippen LogP contribution in [0.2, 0.25) is 5.02 Å². The van der Waals surface area contributed by atoms with Crippen molar-refractivity contribution in [1.82, 2.24) is 9.80 Å². The second-order valence-corrected chi connectivity index (χ2v) is 8.95. The van der Waals surface area contributed by atoms with Crippen LogP contribution in [0, 0.1) is 0 Å². The molecule has 0 bridgehead atoms. The second kappa shape index (κ2) is 9.13. The van der Waals surface area contributed by atoms with E-state index in [2.05, 4.69) is 4.90 Å². The molecule has 0 spiro atoms. The van der Waals surface area contributed by atoms with Crippen LogP contribution in [0.25, 0.3) is 0 Å². The fourth-order valence-corrected chi connectivity index (χ4v) is 4.05. The number of hydrogen-bond donors (Lipinski definition) is 1. The number of carbonyl (C=O) groups is 1. The van der Waals surface area contributed by atoms with Crippen LogP contribution in [-0.2, 0) is 16.6 Å². The van der Waals surface area contributed by atoms with Crippen molar-refractivity contribution in [3.05, 3.63) is 58.6 Å². The first-order valence-electron chi connectivity index (χ1n) is 9.25. The standard InChI is InChI=1S/C20H24ClN3O4S/c1-28-19-8-7-17(29(22,26)27)13-18(19)20(25)24-10-2-9-23(11-12-24)14-15-3-5-16(21)6-4-15/h3-8,13H,2,9-12,14H2,1H3,(H2,22,26,27). The lowest BCUT2D eigenvalue weighted by atomic mass is 10.1. The van der Waals surface area contributed by atoms with Crippen LogP contribution in [0.1, 0.15) is 22.3 Å². The third-order valence-corrected chi connectivity index (χ3v) is 6.09. The molecule has 29 heavy (non-hydrogen) atoms. The summed E-state index contributed by atoms with van der Waals surface area (Å²) >= 11 is 5.94. The maximum absolute atomic E-state index is 13.1. The largest absolute Gasteiger partial charge is 0.496 e. The fourth-order valence-electron chi connectivity index (χ4n) is 3.38. The van der Waals surface area contributed by atoms with E-state index in [0.29, 0.717) is 30.4 Å². The Balaban J connectivity index is 1.73. The highest BCUT2D eigenvalue weighted by Gasteiger charge is 2.24. The molecule has 1 fully saturated rings. The Morgan fingerprint density at radius 2 is 1.83 bits per heavy atom. The Kier molecular flexibility index (Phi) is 6.79. The maximum atomic E-state index is 13.1. The number of nitrogens with two attached hydrogens (primary N) is 1. The molecule has 3 rings (SSSR count). The molecule has 2 aromatic rings. The number of nitrogens with zero attached hydrogens (tertiary/aromatic N) is 2. The molecule has 1 saturated heterocycles. The van der Waals surface area contributed by atoms with Gasteiger partial charge in [-0.3, -0.25) is 9.69 Å². The minimum atomic E-state index is -3.91. The van der Waals surface area contributed by atoms with Crippen molar-refractivity contribution in [1.29, 1.82) is 0 Å². The van der Waals surface area contributed by atoms with Crippen LogP contribution in [0.5, 0.6) is 5.75 Å². The summed E-state index contributed by atoms with van der Waals surface area (Å²) in [6.45, 7) is 3.48. The van der Waals surface area contributed by atoms with Gasteiger partial charge in [0.25, 0.3) is 5.91 Å².